The van der Waals surface area contributed by atoms with Crippen LogP contribution in [0.1, 0.15) is 29.7 Å². The molecule has 0 bridgehead atoms. The number of benzene rings is 1. The molecule has 30 heavy (non-hydrogen) atoms. The van der Waals surface area contributed by atoms with Crippen molar-refractivity contribution in [1.82, 2.24) is 24.9 Å². The zero-order valence-electron chi connectivity index (χ0n) is 17.8. The molecule has 0 saturated carbocycles. The normalized spacial score (nSPS) is 19.5. The second-order valence-corrected chi connectivity index (χ2v) is 7.76. The lowest BCUT2D eigenvalue weighted by atomic mass is 10.00. The van der Waals surface area contributed by atoms with Crippen molar-refractivity contribution in [1.29, 1.82) is 0 Å². The third-order valence-electron chi connectivity index (χ3n) is 5.64. The van der Waals surface area contributed by atoms with Crippen LogP contribution in [0.15, 0.2) is 41.7 Å². The molecule has 0 aliphatic carbocycles. The van der Waals surface area contributed by atoms with Crippen molar-refractivity contribution in [3.63, 3.8) is 0 Å². The van der Waals surface area contributed by atoms with E-state index in [1.165, 1.54) is 11.1 Å². The molecular weight excluding hydrogens is 380 g/mol. The van der Waals surface area contributed by atoms with Gasteiger partial charge in [0.05, 0.1) is 19.3 Å². The Morgan fingerprint density at radius 2 is 2.10 bits per heavy atom. The van der Waals surface area contributed by atoms with Gasteiger partial charge in [0.2, 0.25) is 5.91 Å². The van der Waals surface area contributed by atoms with Gasteiger partial charge in [-0.25, -0.2) is 4.99 Å². The van der Waals surface area contributed by atoms with Gasteiger partial charge in [0.1, 0.15) is 12.6 Å². The minimum Gasteiger partial charge on any atom is -0.370 e. The van der Waals surface area contributed by atoms with Gasteiger partial charge in [0, 0.05) is 45.0 Å². The molecule has 1 aromatic heterocycles. The summed E-state index contributed by atoms with van der Waals surface area (Å²) >= 11 is 0. The Hall–Kier alpha value is -2.87. The summed E-state index contributed by atoms with van der Waals surface area (Å²) in [6, 6.07) is 8.35. The highest BCUT2D eigenvalue weighted by Crippen LogP contribution is 2.22. The van der Waals surface area contributed by atoms with E-state index in [0.29, 0.717) is 19.7 Å². The molecule has 4 rings (SSSR count). The molecular formula is C22H30N6O2. The number of rotatable bonds is 4. The van der Waals surface area contributed by atoms with Crippen LogP contribution in [0.5, 0.6) is 0 Å². The van der Waals surface area contributed by atoms with Gasteiger partial charge in [0.15, 0.2) is 5.96 Å². The highest BCUT2D eigenvalue weighted by atomic mass is 16.5. The number of nitrogens with zero attached hydrogens (tertiary/aromatic N) is 5. The van der Waals surface area contributed by atoms with Crippen LogP contribution in [0.4, 0.5) is 0 Å². The summed E-state index contributed by atoms with van der Waals surface area (Å²) < 4.78 is 7.72. The zero-order valence-corrected chi connectivity index (χ0v) is 17.8. The van der Waals surface area contributed by atoms with Gasteiger partial charge in [-0.1, -0.05) is 24.3 Å². The van der Waals surface area contributed by atoms with Crippen LogP contribution in [0, 0.1) is 0 Å². The van der Waals surface area contributed by atoms with Crippen LogP contribution in [0.3, 0.4) is 0 Å². The van der Waals surface area contributed by atoms with Crippen LogP contribution in [0.25, 0.3) is 0 Å². The topological polar surface area (TPSA) is 75.0 Å². The Labute approximate surface area is 177 Å². The Morgan fingerprint density at radius 1 is 1.27 bits per heavy atom. The summed E-state index contributed by atoms with van der Waals surface area (Å²) in [5.41, 5.74) is 3.63. The number of carbonyl (C=O) groups excluding carboxylic acids is 1. The fraction of sp³-hybridized carbons (Fsp3) is 0.500. The van der Waals surface area contributed by atoms with Crippen molar-refractivity contribution >= 4 is 11.9 Å². The Kier molecular flexibility index (Phi) is 6.32. The van der Waals surface area contributed by atoms with Crippen molar-refractivity contribution in [3.05, 3.63) is 53.3 Å². The lowest BCUT2D eigenvalue weighted by molar-refractivity contribution is -0.130. The third kappa shape index (κ3) is 4.64. The second kappa shape index (κ2) is 9.30. The summed E-state index contributed by atoms with van der Waals surface area (Å²) in [4.78, 5) is 21.6. The van der Waals surface area contributed by atoms with E-state index in [9.17, 15) is 4.79 Å². The van der Waals surface area contributed by atoms with Crippen LogP contribution in [0.2, 0.25) is 0 Å². The quantitative estimate of drug-likeness (QED) is 0.608. The molecule has 2 aliphatic rings. The summed E-state index contributed by atoms with van der Waals surface area (Å²) in [5, 5.41) is 7.58. The largest absolute Gasteiger partial charge is 0.370 e. The number of carbonyl (C=O) groups is 1. The van der Waals surface area contributed by atoms with Gasteiger partial charge in [-0.2, -0.15) is 5.10 Å². The Balaban J connectivity index is 1.40. The maximum atomic E-state index is 12.8. The number of morpholine rings is 1. The standard InChI is InChI=1S/C22H30N6O2/c1-3-23-22(28-10-11-30-20(16-28)19-12-25-26(2)14-19)24-13-21(29)27-9-8-17-6-4-5-7-18(17)15-27/h4-7,12,14,20H,3,8-11,13,15-16H2,1-2H3,(H,23,24). The average Bonchev–Trinajstić information content (AvgIpc) is 3.22. The molecule has 1 unspecified atom stereocenters. The number of nitrogens with one attached hydrogen (secondary N) is 1. The first kappa shape index (κ1) is 20.4. The molecule has 2 aromatic rings. The van der Waals surface area contributed by atoms with Crippen molar-refractivity contribution in [2.45, 2.75) is 26.0 Å². The first-order chi connectivity index (χ1) is 14.6. The van der Waals surface area contributed by atoms with E-state index in [0.717, 1.165) is 37.6 Å². The fourth-order valence-corrected chi connectivity index (χ4v) is 4.03. The van der Waals surface area contributed by atoms with Crippen LogP contribution >= 0.6 is 0 Å². The maximum absolute atomic E-state index is 12.8. The smallest absolute Gasteiger partial charge is 0.244 e. The lowest BCUT2D eigenvalue weighted by Crippen LogP contribution is -2.48. The molecule has 160 valence electrons. The molecule has 8 heteroatoms. The van der Waals surface area contributed by atoms with Gasteiger partial charge in [-0.15, -0.1) is 0 Å². The molecule has 1 amide bonds. The fourth-order valence-electron chi connectivity index (χ4n) is 4.03. The molecule has 8 nitrogen and oxygen atoms in total. The first-order valence-corrected chi connectivity index (χ1v) is 10.6. The molecule has 2 aliphatic heterocycles. The number of hydrogen-bond donors (Lipinski definition) is 1. The predicted octanol–water partition coefficient (Wildman–Crippen LogP) is 1.34. The van der Waals surface area contributed by atoms with Crippen molar-refractivity contribution < 1.29 is 9.53 Å². The second-order valence-electron chi connectivity index (χ2n) is 7.76. The molecule has 1 aromatic carbocycles. The molecule has 1 N–H and O–H groups in total. The maximum Gasteiger partial charge on any atom is 0.244 e. The number of fused-ring (bicyclic) bond motifs is 1. The van der Waals surface area contributed by atoms with Crippen molar-refractivity contribution in [2.24, 2.45) is 12.0 Å². The number of hydrogen-bond acceptors (Lipinski definition) is 4. The van der Waals surface area contributed by atoms with E-state index in [1.807, 2.05) is 37.3 Å². The number of ether oxygens (including phenoxy) is 1. The van der Waals surface area contributed by atoms with E-state index in [1.54, 1.807) is 4.68 Å². The lowest BCUT2D eigenvalue weighted by Gasteiger charge is -2.35. The average molecular weight is 411 g/mol. The van der Waals surface area contributed by atoms with Gasteiger partial charge in [0.25, 0.3) is 0 Å². The highest BCUT2D eigenvalue weighted by Gasteiger charge is 2.26. The third-order valence-corrected chi connectivity index (χ3v) is 5.64. The van der Waals surface area contributed by atoms with Gasteiger partial charge in [-0.3, -0.25) is 9.48 Å². The molecule has 3 heterocycles. The van der Waals surface area contributed by atoms with E-state index in [2.05, 4.69) is 38.5 Å². The minimum atomic E-state index is -0.0504. The number of aryl methyl sites for hydroxylation is 1. The van der Waals surface area contributed by atoms with Crippen LogP contribution in [-0.4, -0.2) is 70.8 Å². The van der Waals surface area contributed by atoms with Gasteiger partial charge in [-0.05, 0) is 24.5 Å². The summed E-state index contributed by atoms with van der Waals surface area (Å²) in [5.74, 6) is 0.831. The molecule has 1 fully saturated rings. The molecule has 1 saturated heterocycles. The molecule has 0 spiro atoms. The molecule has 0 radical (unpaired) electrons. The van der Waals surface area contributed by atoms with Crippen molar-refractivity contribution in [3.8, 4) is 0 Å². The molecule has 1 atom stereocenters. The van der Waals surface area contributed by atoms with Crippen molar-refractivity contribution in [2.75, 3.05) is 39.3 Å². The summed E-state index contributed by atoms with van der Waals surface area (Å²) in [7, 11) is 1.90. The number of aromatic nitrogens is 2. The SMILES string of the molecule is CCNC(=NCC(=O)N1CCc2ccccc2C1)N1CCOC(c2cnn(C)c2)C1. The monoisotopic (exact) mass is 410 g/mol. The van der Waals surface area contributed by atoms with E-state index >= 15 is 0 Å². The number of amides is 1. The van der Waals surface area contributed by atoms with E-state index in [-0.39, 0.29) is 18.6 Å². The Bertz CT molecular complexity index is 909. The van der Waals surface area contributed by atoms with Gasteiger partial charge >= 0.3 is 0 Å². The van der Waals surface area contributed by atoms with Crippen LogP contribution < -0.4 is 5.32 Å². The van der Waals surface area contributed by atoms with E-state index < -0.39 is 0 Å². The van der Waals surface area contributed by atoms with E-state index in [4.69, 9.17) is 4.74 Å². The van der Waals surface area contributed by atoms with Crippen LogP contribution in [-0.2, 0) is 29.5 Å². The first-order valence-electron chi connectivity index (χ1n) is 10.6. The predicted molar refractivity (Wildman–Crippen MR) is 115 cm³/mol. The highest BCUT2D eigenvalue weighted by molar-refractivity contribution is 5.85. The zero-order chi connectivity index (χ0) is 20.9. The number of aliphatic imine (C=N–C) groups is 1. The Morgan fingerprint density at radius 3 is 2.87 bits per heavy atom. The summed E-state index contributed by atoms with van der Waals surface area (Å²) in [6.07, 6.45) is 4.68. The summed E-state index contributed by atoms with van der Waals surface area (Å²) in [6.45, 7) is 6.40. The minimum absolute atomic E-state index is 0.0504. The number of guanidine groups is 1. The van der Waals surface area contributed by atoms with Gasteiger partial charge < -0.3 is 19.9 Å².